The van der Waals surface area contributed by atoms with Crippen LogP contribution < -0.4 is 0 Å². The molecule has 1 aliphatic heterocycles. The number of sulfonamides is 1. The maximum atomic E-state index is 13.1. The number of aliphatic carboxylic acids is 1. The Morgan fingerprint density at radius 1 is 1.26 bits per heavy atom. The first-order valence-electron chi connectivity index (χ1n) is 5.53. The zero-order valence-electron chi connectivity index (χ0n) is 9.71. The molecule has 0 bridgehead atoms. The molecule has 19 heavy (non-hydrogen) atoms. The Kier molecular flexibility index (Phi) is 3.55. The van der Waals surface area contributed by atoms with E-state index in [1.807, 2.05) is 0 Å². The summed E-state index contributed by atoms with van der Waals surface area (Å²) in [5.41, 5.74) is 0. The molecule has 1 heterocycles. The number of nitrogens with zero attached hydrogens (tertiary/aromatic N) is 1. The summed E-state index contributed by atoms with van der Waals surface area (Å²) in [4.78, 5) is 10.4. The molecule has 0 aliphatic carbocycles. The molecule has 1 aromatic rings. The molecule has 1 unspecified atom stereocenters. The first-order valence-corrected chi connectivity index (χ1v) is 6.97. The highest BCUT2D eigenvalue weighted by Crippen LogP contribution is 2.27. The summed E-state index contributed by atoms with van der Waals surface area (Å²) in [5.74, 6) is -3.31. The Balaban J connectivity index is 2.44. The zero-order valence-corrected chi connectivity index (χ0v) is 10.5. The summed E-state index contributed by atoms with van der Waals surface area (Å²) in [7, 11) is -4.21. The van der Waals surface area contributed by atoms with Gasteiger partial charge in [0.25, 0.3) is 0 Å². The lowest BCUT2D eigenvalue weighted by molar-refractivity contribution is -0.140. The van der Waals surface area contributed by atoms with Gasteiger partial charge < -0.3 is 5.11 Å². The molecule has 0 radical (unpaired) electrons. The minimum absolute atomic E-state index is 0.0252. The van der Waals surface area contributed by atoms with E-state index in [-0.39, 0.29) is 13.0 Å². The van der Waals surface area contributed by atoms with Crippen LogP contribution in [0.5, 0.6) is 0 Å². The Morgan fingerprint density at radius 2 is 1.84 bits per heavy atom. The molecule has 1 N–H and O–H groups in total. The van der Waals surface area contributed by atoms with Crippen LogP contribution in [0.3, 0.4) is 0 Å². The van der Waals surface area contributed by atoms with E-state index < -0.39 is 38.6 Å². The Hall–Kier alpha value is -1.54. The molecule has 2 rings (SSSR count). The van der Waals surface area contributed by atoms with Crippen molar-refractivity contribution < 1.29 is 27.1 Å². The molecular weight excluding hydrogens is 280 g/mol. The average molecular weight is 291 g/mol. The molecule has 1 saturated heterocycles. The van der Waals surface area contributed by atoms with Crippen LogP contribution in [-0.4, -0.2) is 36.4 Å². The monoisotopic (exact) mass is 291 g/mol. The van der Waals surface area contributed by atoms with E-state index in [0.29, 0.717) is 24.6 Å². The molecule has 1 aromatic carbocycles. The molecule has 8 heteroatoms. The summed E-state index contributed by atoms with van der Waals surface area (Å²) in [6, 6.07) is 0.722. The summed E-state index contributed by atoms with van der Waals surface area (Å²) in [6.07, 6.45) is 0.584. The fourth-order valence-corrected chi connectivity index (χ4v) is 3.78. The van der Waals surface area contributed by atoms with Crippen LogP contribution in [0.25, 0.3) is 0 Å². The molecule has 1 atom stereocenters. The molecule has 0 aromatic heterocycles. The van der Waals surface area contributed by atoms with Gasteiger partial charge in [-0.15, -0.1) is 0 Å². The van der Waals surface area contributed by atoms with Crippen molar-refractivity contribution in [1.29, 1.82) is 0 Å². The minimum Gasteiger partial charge on any atom is -0.480 e. The van der Waals surface area contributed by atoms with E-state index in [0.717, 1.165) is 4.31 Å². The van der Waals surface area contributed by atoms with Crippen molar-refractivity contribution in [2.75, 3.05) is 6.54 Å². The molecule has 0 spiro atoms. The van der Waals surface area contributed by atoms with Gasteiger partial charge in [0.15, 0.2) is 0 Å². The summed E-state index contributed by atoms with van der Waals surface area (Å²) in [6.45, 7) is 0.0252. The summed E-state index contributed by atoms with van der Waals surface area (Å²) >= 11 is 0. The Morgan fingerprint density at radius 3 is 2.37 bits per heavy atom. The third-order valence-electron chi connectivity index (χ3n) is 2.93. The van der Waals surface area contributed by atoms with Crippen molar-refractivity contribution in [3.05, 3.63) is 29.8 Å². The van der Waals surface area contributed by atoms with Gasteiger partial charge in [-0.1, -0.05) is 0 Å². The average Bonchev–Trinajstić information content (AvgIpc) is 2.76. The van der Waals surface area contributed by atoms with Crippen LogP contribution in [-0.2, 0) is 14.8 Å². The van der Waals surface area contributed by atoms with Crippen LogP contribution in [0.2, 0.25) is 0 Å². The van der Waals surface area contributed by atoms with Gasteiger partial charge in [-0.25, -0.2) is 17.2 Å². The third-order valence-corrected chi connectivity index (χ3v) is 4.82. The predicted octanol–water partition coefficient (Wildman–Crippen LogP) is 1.20. The van der Waals surface area contributed by atoms with Crippen LogP contribution in [0.1, 0.15) is 12.8 Å². The normalized spacial score (nSPS) is 20.6. The van der Waals surface area contributed by atoms with E-state index in [1.165, 1.54) is 0 Å². The highest BCUT2D eigenvalue weighted by Gasteiger charge is 2.39. The lowest BCUT2D eigenvalue weighted by Gasteiger charge is -2.20. The number of hydrogen-bond acceptors (Lipinski definition) is 3. The lowest BCUT2D eigenvalue weighted by Crippen LogP contribution is -2.40. The van der Waals surface area contributed by atoms with Crippen LogP contribution in [0, 0.1) is 11.6 Å². The molecule has 1 aliphatic rings. The Bertz CT molecular complexity index is 597. The quantitative estimate of drug-likeness (QED) is 0.908. The number of rotatable bonds is 3. The van der Waals surface area contributed by atoms with Gasteiger partial charge in [-0.3, -0.25) is 4.79 Å². The van der Waals surface area contributed by atoms with Crippen molar-refractivity contribution in [1.82, 2.24) is 4.31 Å². The van der Waals surface area contributed by atoms with Crippen LogP contribution in [0.15, 0.2) is 23.1 Å². The van der Waals surface area contributed by atoms with Gasteiger partial charge in [0.1, 0.15) is 17.7 Å². The standard InChI is InChI=1S/C11H11F2NO4S/c12-7-4-8(13)6-9(5-7)19(17,18)14-3-1-2-10(14)11(15)16/h4-6,10H,1-3H2,(H,15,16). The van der Waals surface area contributed by atoms with Crippen molar-refractivity contribution >= 4 is 16.0 Å². The van der Waals surface area contributed by atoms with Crippen molar-refractivity contribution in [2.24, 2.45) is 0 Å². The number of carboxylic acids is 1. The van der Waals surface area contributed by atoms with Gasteiger partial charge >= 0.3 is 5.97 Å². The maximum absolute atomic E-state index is 13.1. The van der Waals surface area contributed by atoms with Gasteiger partial charge in [-0.2, -0.15) is 4.31 Å². The second-order valence-electron chi connectivity index (χ2n) is 4.22. The van der Waals surface area contributed by atoms with Crippen molar-refractivity contribution in [3.63, 3.8) is 0 Å². The highest BCUT2D eigenvalue weighted by molar-refractivity contribution is 7.89. The zero-order chi connectivity index (χ0) is 14.2. The second kappa shape index (κ2) is 4.86. The summed E-state index contributed by atoms with van der Waals surface area (Å²) < 4.78 is 51.3. The first kappa shape index (κ1) is 13.9. The molecule has 0 saturated carbocycles. The van der Waals surface area contributed by atoms with Crippen LogP contribution in [0.4, 0.5) is 8.78 Å². The SMILES string of the molecule is O=C(O)C1CCCN1S(=O)(=O)c1cc(F)cc(F)c1. The maximum Gasteiger partial charge on any atom is 0.322 e. The topological polar surface area (TPSA) is 74.7 Å². The van der Waals surface area contributed by atoms with E-state index in [2.05, 4.69) is 0 Å². The molecule has 104 valence electrons. The Labute approximate surface area is 108 Å². The number of carbonyl (C=O) groups is 1. The molecular formula is C11H11F2NO4S. The minimum atomic E-state index is -4.21. The van der Waals surface area contributed by atoms with E-state index in [4.69, 9.17) is 5.11 Å². The largest absolute Gasteiger partial charge is 0.480 e. The fourth-order valence-electron chi connectivity index (χ4n) is 2.09. The van der Waals surface area contributed by atoms with E-state index >= 15 is 0 Å². The van der Waals surface area contributed by atoms with Crippen LogP contribution >= 0.6 is 0 Å². The highest BCUT2D eigenvalue weighted by atomic mass is 32.2. The molecule has 0 amide bonds. The van der Waals surface area contributed by atoms with Crippen molar-refractivity contribution in [2.45, 2.75) is 23.8 Å². The fraction of sp³-hybridized carbons (Fsp3) is 0.364. The van der Waals surface area contributed by atoms with Gasteiger partial charge in [0.05, 0.1) is 4.90 Å². The smallest absolute Gasteiger partial charge is 0.322 e. The van der Waals surface area contributed by atoms with E-state index in [1.54, 1.807) is 0 Å². The molecule has 5 nitrogen and oxygen atoms in total. The number of halogens is 2. The van der Waals surface area contributed by atoms with E-state index in [9.17, 15) is 22.0 Å². The first-order chi connectivity index (χ1) is 8.82. The number of hydrogen-bond donors (Lipinski definition) is 1. The predicted molar refractivity (Wildman–Crippen MR) is 60.9 cm³/mol. The van der Waals surface area contributed by atoms with Gasteiger partial charge in [-0.05, 0) is 25.0 Å². The third kappa shape index (κ3) is 2.59. The van der Waals surface area contributed by atoms with Gasteiger partial charge in [0, 0.05) is 12.6 Å². The number of benzene rings is 1. The molecule has 1 fully saturated rings. The van der Waals surface area contributed by atoms with Gasteiger partial charge in [0.2, 0.25) is 10.0 Å². The van der Waals surface area contributed by atoms with Crippen molar-refractivity contribution in [3.8, 4) is 0 Å². The number of carboxylic acid groups (broad SMARTS) is 1. The second-order valence-corrected chi connectivity index (χ2v) is 6.11. The summed E-state index contributed by atoms with van der Waals surface area (Å²) in [5, 5.41) is 8.95. The lowest BCUT2D eigenvalue weighted by atomic mass is 10.2.